The van der Waals surface area contributed by atoms with Crippen molar-refractivity contribution in [3.8, 4) is 0 Å². The summed E-state index contributed by atoms with van der Waals surface area (Å²) in [6.45, 7) is 2.48. The van der Waals surface area contributed by atoms with E-state index in [9.17, 15) is 0 Å². The molecule has 0 aliphatic carbocycles. The maximum Gasteiger partial charge on any atom is 0.0431 e. The summed E-state index contributed by atoms with van der Waals surface area (Å²) < 4.78 is 0. The van der Waals surface area contributed by atoms with Crippen molar-refractivity contribution in [2.24, 2.45) is 0 Å². The molecule has 0 aromatic heterocycles. The first-order valence-corrected chi connectivity index (χ1v) is 4.19. The molecule has 12 heavy (non-hydrogen) atoms. The minimum absolute atomic E-state index is 0. The second-order valence-corrected chi connectivity index (χ2v) is 2.39. The van der Waals surface area contributed by atoms with E-state index < -0.39 is 0 Å². The summed E-state index contributed by atoms with van der Waals surface area (Å²) in [5.74, 6) is 0. The smallest absolute Gasteiger partial charge is 0.0431 e. The third-order valence-corrected chi connectivity index (χ3v) is 1.32. The molecule has 1 aromatic carbocycles. The number of aliphatic hydroxyl groups is 1. The standard InChI is InChI=1S/C5H12O.C5H5.Ti/c1-2-3-4-5-6;1-2-4-5-3-1;/h6H,2-5H2,1H3;1-5H;/q;-1;. The van der Waals surface area contributed by atoms with E-state index in [4.69, 9.17) is 5.11 Å². The Morgan fingerprint density at radius 2 is 1.75 bits per heavy atom. The van der Waals surface area contributed by atoms with Gasteiger partial charge < -0.3 is 5.11 Å². The molecule has 1 aromatic rings. The second-order valence-electron chi connectivity index (χ2n) is 2.39. The Morgan fingerprint density at radius 1 is 1.17 bits per heavy atom. The van der Waals surface area contributed by atoms with Crippen LogP contribution in [0.2, 0.25) is 0 Å². The van der Waals surface area contributed by atoms with Gasteiger partial charge in [-0.2, -0.15) is 18.2 Å². The van der Waals surface area contributed by atoms with Crippen LogP contribution in [0.4, 0.5) is 0 Å². The van der Waals surface area contributed by atoms with Crippen molar-refractivity contribution in [2.45, 2.75) is 26.2 Å². The average molecular weight is 201 g/mol. The van der Waals surface area contributed by atoms with Gasteiger partial charge in [0.2, 0.25) is 0 Å². The molecular formula is C10H17OTi-. The molecule has 1 rings (SSSR count). The Bertz CT molecular complexity index is 105. The van der Waals surface area contributed by atoms with Gasteiger partial charge in [-0.3, -0.25) is 0 Å². The van der Waals surface area contributed by atoms with Crippen molar-refractivity contribution in [3.05, 3.63) is 30.3 Å². The SMILES string of the molecule is CCCCCO.[Ti].c1cc[cH-]c1. The van der Waals surface area contributed by atoms with Crippen LogP contribution in [0.3, 0.4) is 0 Å². The van der Waals surface area contributed by atoms with Crippen molar-refractivity contribution in [1.29, 1.82) is 0 Å². The van der Waals surface area contributed by atoms with Crippen molar-refractivity contribution in [1.82, 2.24) is 0 Å². The van der Waals surface area contributed by atoms with Crippen LogP contribution in [0.15, 0.2) is 30.3 Å². The molecule has 0 saturated heterocycles. The van der Waals surface area contributed by atoms with Gasteiger partial charge in [-0.15, -0.1) is 0 Å². The predicted molar refractivity (Wildman–Crippen MR) is 48.6 cm³/mol. The Kier molecular flexibility index (Phi) is 16.5. The van der Waals surface area contributed by atoms with Gasteiger partial charge in [0.05, 0.1) is 0 Å². The molecule has 2 heteroatoms. The molecule has 0 radical (unpaired) electrons. The molecule has 0 heterocycles. The van der Waals surface area contributed by atoms with E-state index >= 15 is 0 Å². The van der Waals surface area contributed by atoms with Gasteiger partial charge in [-0.1, -0.05) is 19.8 Å². The van der Waals surface area contributed by atoms with Gasteiger partial charge >= 0.3 is 0 Å². The van der Waals surface area contributed by atoms with E-state index in [0.717, 1.165) is 12.8 Å². The summed E-state index contributed by atoms with van der Waals surface area (Å²) in [5, 5.41) is 8.20. The van der Waals surface area contributed by atoms with Crippen molar-refractivity contribution in [3.63, 3.8) is 0 Å². The quantitative estimate of drug-likeness (QED) is 0.452. The predicted octanol–water partition coefficient (Wildman–Crippen LogP) is 2.57. The second kappa shape index (κ2) is 13.6. The van der Waals surface area contributed by atoms with Crippen molar-refractivity contribution >= 4 is 0 Å². The van der Waals surface area contributed by atoms with Crippen LogP contribution in [0.25, 0.3) is 0 Å². The zero-order valence-electron chi connectivity index (χ0n) is 7.66. The molecule has 0 fully saturated rings. The maximum atomic E-state index is 8.20. The van der Waals surface area contributed by atoms with Crippen LogP contribution in [0.5, 0.6) is 0 Å². The van der Waals surface area contributed by atoms with E-state index in [2.05, 4.69) is 6.92 Å². The van der Waals surface area contributed by atoms with Crippen LogP contribution in [0.1, 0.15) is 26.2 Å². The Hall–Kier alpha value is 0.0243. The molecule has 0 spiro atoms. The summed E-state index contributed by atoms with van der Waals surface area (Å²) in [4.78, 5) is 0. The molecule has 0 aliphatic heterocycles. The zero-order chi connectivity index (χ0) is 8.36. The molecule has 1 N–H and O–H groups in total. The fourth-order valence-corrected chi connectivity index (χ4v) is 0.683. The fraction of sp³-hybridized carbons (Fsp3) is 0.500. The van der Waals surface area contributed by atoms with Gasteiger partial charge in [0.25, 0.3) is 0 Å². The van der Waals surface area contributed by atoms with E-state index in [0.29, 0.717) is 6.61 Å². The topological polar surface area (TPSA) is 20.2 Å². The van der Waals surface area contributed by atoms with Gasteiger partial charge in [0.1, 0.15) is 0 Å². The zero-order valence-corrected chi connectivity index (χ0v) is 9.22. The van der Waals surface area contributed by atoms with E-state index in [1.54, 1.807) is 0 Å². The average Bonchev–Trinajstić information content (AvgIpc) is 2.57. The van der Waals surface area contributed by atoms with Crippen LogP contribution >= 0.6 is 0 Å². The number of hydrogen-bond donors (Lipinski definition) is 1. The van der Waals surface area contributed by atoms with Gasteiger partial charge in [-0.05, 0) is 6.42 Å². The fourth-order valence-electron chi connectivity index (χ4n) is 0.683. The monoisotopic (exact) mass is 201 g/mol. The Balaban J connectivity index is 0. The minimum atomic E-state index is 0. The first kappa shape index (κ1) is 14.5. The number of rotatable bonds is 3. The summed E-state index contributed by atoms with van der Waals surface area (Å²) >= 11 is 0. The molecule has 0 atom stereocenters. The molecule has 68 valence electrons. The van der Waals surface area contributed by atoms with Crippen LogP contribution in [0, 0.1) is 0 Å². The summed E-state index contributed by atoms with van der Waals surface area (Å²) in [6.07, 6.45) is 3.33. The van der Waals surface area contributed by atoms with E-state index in [1.807, 2.05) is 30.3 Å². The number of aliphatic hydroxyl groups excluding tert-OH is 1. The number of unbranched alkanes of at least 4 members (excludes halogenated alkanes) is 2. The largest absolute Gasteiger partial charge is 0.396 e. The molecule has 0 bridgehead atoms. The Labute approximate surface area is 90.1 Å². The Morgan fingerprint density at radius 3 is 1.92 bits per heavy atom. The van der Waals surface area contributed by atoms with Gasteiger partial charge in [-0.25, -0.2) is 12.1 Å². The minimum Gasteiger partial charge on any atom is -0.396 e. The summed E-state index contributed by atoms with van der Waals surface area (Å²) in [5.41, 5.74) is 0. The van der Waals surface area contributed by atoms with Crippen molar-refractivity contribution < 1.29 is 26.8 Å². The first-order valence-electron chi connectivity index (χ1n) is 4.19. The van der Waals surface area contributed by atoms with Crippen LogP contribution in [-0.2, 0) is 21.7 Å². The normalized spacial score (nSPS) is 7.83. The van der Waals surface area contributed by atoms with Crippen LogP contribution in [-0.4, -0.2) is 11.7 Å². The van der Waals surface area contributed by atoms with E-state index in [1.165, 1.54) is 6.42 Å². The molecular weight excluding hydrogens is 184 g/mol. The summed E-state index contributed by atoms with van der Waals surface area (Å²) in [7, 11) is 0. The first-order chi connectivity index (χ1) is 5.41. The molecule has 0 aliphatic rings. The van der Waals surface area contributed by atoms with Gasteiger partial charge in [0, 0.05) is 28.3 Å². The molecule has 0 unspecified atom stereocenters. The number of hydrogen-bond acceptors (Lipinski definition) is 1. The van der Waals surface area contributed by atoms with E-state index in [-0.39, 0.29) is 21.7 Å². The van der Waals surface area contributed by atoms with Crippen LogP contribution < -0.4 is 0 Å². The maximum absolute atomic E-state index is 8.20. The van der Waals surface area contributed by atoms with Gasteiger partial charge in [0.15, 0.2) is 0 Å². The molecule has 0 amide bonds. The molecule has 0 saturated carbocycles. The third kappa shape index (κ3) is 12.7. The summed E-state index contributed by atoms with van der Waals surface area (Å²) in [6, 6.07) is 10.0. The molecule has 1 nitrogen and oxygen atoms in total. The van der Waals surface area contributed by atoms with Crippen molar-refractivity contribution in [2.75, 3.05) is 6.61 Å². The third-order valence-electron chi connectivity index (χ3n) is 1.32.